The van der Waals surface area contributed by atoms with Crippen molar-refractivity contribution in [2.24, 2.45) is 0 Å². The monoisotopic (exact) mass is 282 g/mol. The van der Waals surface area contributed by atoms with Gasteiger partial charge in [-0.05, 0) is 36.2 Å². The zero-order valence-electron chi connectivity index (χ0n) is 10.1. The zero-order valence-corrected chi connectivity index (χ0v) is 10.9. The van der Waals surface area contributed by atoms with E-state index >= 15 is 0 Å². The minimum Gasteiger partial charge on any atom is -0.396 e. The average Bonchev–Trinajstić information content (AvgIpc) is 2.38. The van der Waals surface area contributed by atoms with Crippen LogP contribution >= 0.6 is 11.6 Å². The zero-order chi connectivity index (χ0) is 13.8. The quantitative estimate of drug-likeness (QED) is 0.901. The first kappa shape index (κ1) is 14.0. The van der Waals surface area contributed by atoms with Crippen LogP contribution in [0.15, 0.2) is 42.5 Å². The van der Waals surface area contributed by atoms with Crippen LogP contribution in [0.5, 0.6) is 0 Å². The Hall–Kier alpha value is -1.45. The van der Waals surface area contributed by atoms with Crippen molar-refractivity contribution < 1.29 is 13.9 Å². The lowest BCUT2D eigenvalue weighted by Gasteiger charge is -2.16. The van der Waals surface area contributed by atoms with Crippen LogP contribution in [-0.4, -0.2) is 11.7 Å². The van der Waals surface area contributed by atoms with Crippen molar-refractivity contribution in [2.45, 2.75) is 12.3 Å². The summed E-state index contributed by atoms with van der Waals surface area (Å²) in [6, 6.07) is 10.4. The molecule has 0 spiro atoms. The number of hydrogen-bond acceptors (Lipinski definition) is 1. The summed E-state index contributed by atoms with van der Waals surface area (Å²) in [5.41, 5.74) is 0.967. The number of aliphatic hydroxyl groups excluding tert-OH is 1. The fourth-order valence-electron chi connectivity index (χ4n) is 2.02. The maximum Gasteiger partial charge on any atom is 0.127 e. The third-order valence-electron chi connectivity index (χ3n) is 3.05. The lowest BCUT2D eigenvalue weighted by Crippen LogP contribution is -2.09. The minimum absolute atomic E-state index is 0.200. The molecule has 0 saturated heterocycles. The Labute approximate surface area is 115 Å². The highest BCUT2D eigenvalue weighted by molar-refractivity contribution is 6.31. The maximum atomic E-state index is 13.7. The van der Waals surface area contributed by atoms with Gasteiger partial charge in [0.25, 0.3) is 0 Å². The molecule has 0 fully saturated rings. The SMILES string of the molecule is OCC(Cc1c(F)cccc1Cl)c1cccc(F)c1. The van der Waals surface area contributed by atoms with Gasteiger partial charge in [-0.1, -0.05) is 29.8 Å². The molecule has 0 bridgehead atoms. The van der Waals surface area contributed by atoms with E-state index in [9.17, 15) is 13.9 Å². The van der Waals surface area contributed by atoms with Crippen LogP contribution in [0.1, 0.15) is 17.0 Å². The normalized spacial score (nSPS) is 12.4. The van der Waals surface area contributed by atoms with Gasteiger partial charge in [0.05, 0.1) is 6.61 Å². The first-order chi connectivity index (χ1) is 9.11. The Morgan fingerprint density at radius 2 is 1.84 bits per heavy atom. The van der Waals surface area contributed by atoms with E-state index in [4.69, 9.17) is 11.6 Å². The van der Waals surface area contributed by atoms with Gasteiger partial charge in [0.15, 0.2) is 0 Å². The number of benzene rings is 2. The van der Waals surface area contributed by atoms with Gasteiger partial charge >= 0.3 is 0 Å². The molecule has 0 aliphatic heterocycles. The van der Waals surface area contributed by atoms with Crippen LogP contribution in [0, 0.1) is 11.6 Å². The fraction of sp³-hybridized carbons (Fsp3) is 0.200. The largest absolute Gasteiger partial charge is 0.396 e. The molecule has 0 aromatic heterocycles. The van der Waals surface area contributed by atoms with Gasteiger partial charge in [-0.25, -0.2) is 8.78 Å². The number of halogens is 3. The molecule has 4 heteroatoms. The second-order valence-electron chi connectivity index (χ2n) is 4.34. The van der Waals surface area contributed by atoms with E-state index in [1.54, 1.807) is 18.2 Å². The molecule has 0 radical (unpaired) electrons. The second-order valence-corrected chi connectivity index (χ2v) is 4.75. The highest BCUT2D eigenvalue weighted by Gasteiger charge is 2.16. The van der Waals surface area contributed by atoms with Crippen molar-refractivity contribution in [1.29, 1.82) is 0 Å². The van der Waals surface area contributed by atoms with Crippen LogP contribution in [0.3, 0.4) is 0 Å². The molecule has 0 amide bonds. The van der Waals surface area contributed by atoms with Gasteiger partial charge in [-0.3, -0.25) is 0 Å². The van der Waals surface area contributed by atoms with E-state index in [2.05, 4.69) is 0 Å². The van der Waals surface area contributed by atoms with Crippen molar-refractivity contribution in [3.05, 3.63) is 70.2 Å². The molecule has 2 aromatic rings. The van der Waals surface area contributed by atoms with E-state index < -0.39 is 5.82 Å². The van der Waals surface area contributed by atoms with Crippen LogP contribution < -0.4 is 0 Å². The predicted octanol–water partition coefficient (Wildman–Crippen LogP) is 3.94. The van der Waals surface area contributed by atoms with E-state index in [0.29, 0.717) is 16.1 Å². The van der Waals surface area contributed by atoms with E-state index in [1.807, 2.05) is 0 Å². The van der Waals surface area contributed by atoms with E-state index in [-0.39, 0.29) is 24.8 Å². The molecule has 1 atom stereocenters. The molecular formula is C15H13ClF2O. The second kappa shape index (κ2) is 6.13. The summed E-state index contributed by atoms with van der Waals surface area (Å²) < 4.78 is 26.9. The van der Waals surface area contributed by atoms with Gasteiger partial charge in [0, 0.05) is 16.5 Å². The molecule has 0 aliphatic carbocycles. The van der Waals surface area contributed by atoms with Crippen LogP contribution in [0.4, 0.5) is 8.78 Å². The topological polar surface area (TPSA) is 20.2 Å². The minimum atomic E-state index is -0.414. The molecule has 2 rings (SSSR count). The Morgan fingerprint density at radius 1 is 1.11 bits per heavy atom. The third kappa shape index (κ3) is 3.31. The van der Waals surface area contributed by atoms with E-state index in [1.165, 1.54) is 24.3 Å². The highest BCUT2D eigenvalue weighted by Crippen LogP contribution is 2.27. The Morgan fingerprint density at radius 3 is 2.47 bits per heavy atom. The van der Waals surface area contributed by atoms with Crippen molar-refractivity contribution in [3.63, 3.8) is 0 Å². The molecule has 2 aromatic carbocycles. The molecule has 1 nitrogen and oxygen atoms in total. The van der Waals surface area contributed by atoms with Crippen molar-refractivity contribution in [3.8, 4) is 0 Å². The number of aliphatic hydroxyl groups is 1. The predicted molar refractivity (Wildman–Crippen MR) is 71.3 cm³/mol. The molecule has 1 unspecified atom stereocenters. The van der Waals surface area contributed by atoms with Gasteiger partial charge in [0.2, 0.25) is 0 Å². The molecule has 19 heavy (non-hydrogen) atoms. The molecule has 0 heterocycles. The molecule has 100 valence electrons. The lowest BCUT2D eigenvalue weighted by atomic mass is 9.92. The molecule has 0 aliphatic rings. The fourth-order valence-corrected chi connectivity index (χ4v) is 2.26. The summed E-state index contributed by atoms with van der Waals surface area (Å²) in [6.45, 7) is -0.200. The summed E-state index contributed by atoms with van der Waals surface area (Å²) >= 11 is 5.95. The van der Waals surface area contributed by atoms with Crippen LogP contribution in [0.2, 0.25) is 5.02 Å². The summed E-state index contributed by atoms with van der Waals surface area (Å²) in [5.74, 6) is -1.18. The van der Waals surface area contributed by atoms with Crippen LogP contribution in [-0.2, 0) is 6.42 Å². The molecule has 0 saturated carbocycles. The molecular weight excluding hydrogens is 270 g/mol. The van der Waals surface area contributed by atoms with Crippen LogP contribution in [0.25, 0.3) is 0 Å². The smallest absolute Gasteiger partial charge is 0.127 e. The first-order valence-corrected chi connectivity index (χ1v) is 6.29. The van der Waals surface area contributed by atoms with Gasteiger partial charge < -0.3 is 5.11 Å². The average molecular weight is 283 g/mol. The third-order valence-corrected chi connectivity index (χ3v) is 3.41. The Bertz CT molecular complexity index is 552. The Balaban J connectivity index is 2.29. The first-order valence-electron chi connectivity index (χ1n) is 5.91. The summed E-state index contributed by atoms with van der Waals surface area (Å²) in [6.07, 6.45) is 0.228. The van der Waals surface area contributed by atoms with Gasteiger partial charge in [-0.2, -0.15) is 0 Å². The van der Waals surface area contributed by atoms with Crippen molar-refractivity contribution >= 4 is 11.6 Å². The lowest BCUT2D eigenvalue weighted by molar-refractivity contribution is 0.263. The van der Waals surface area contributed by atoms with Gasteiger partial charge in [0.1, 0.15) is 11.6 Å². The summed E-state index contributed by atoms with van der Waals surface area (Å²) in [5, 5.41) is 9.74. The number of hydrogen-bond donors (Lipinski definition) is 1. The van der Waals surface area contributed by atoms with Crippen molar-refractivity contribution in [1.82, 2.24) is 0 Å². The van der Waals surface area contributed by atoms with E-state index in [0.717, 1.165) is 0 Å². The number of rotatable bonds is 4. The summed E-state index contributed by atoms with van der Waals surface area (Å²) in [7, 11) is 0. The highest BCUT2D eigenvalue weighted by atomic mass is 35.5. The molecule has 1 N–H and O–H groups in total. The van der Waals surface area contributed by atoms with Crippen molar-refractivity contribution in [2.75, 3.05) is 6.61 Å². The standard InChI is InChI=1S/C15H13ClF2O/c16-14-5-2-6-15(18)13(14)8-11(9-19)10-3-1-4-12(17)7-10/h1-7,11,19H,8-9H2. The van der Waals surface area contributed by atoms with Gasteiger partial charge in [-0.15, -0.1) is 0 Å². The maximum absolute atomic E-state index is 13.7. The summed E-state index contributed by atoms with van der Waals surface area (Å²) in [4.78, 5) is 0. The Kier molecular flexibility index (Phi) is 4.51.